The van der Waals surface area contributed by atoms with E-state index >= 15 is 0 Å². The molecular formula is C13H19NO3. The summed E-state index contributed by atoms with van der Waals surface area (Å²) in [5.41, 5.74) is 3.19. The maximum absolute atomic E-state index is 11.0. The lowest BCUT2D eigenvalue weighted by Crippen LogP contribution is -2.11. The highest BCUT2D eigenvalue weighted by molar-refractivity contribution is 5.70. The summed E-state index contributed by atoms with van der Waals surface area (Å²) in [6, 6.07) is 4.04. The molecule has 1 aromatic rings. The van der Waals surface area contributed by atoms with Crippen LogP contribution in [0, 0.1) is 13.8 Å². The van der Waals surface area contributed by atoms with E-state index in [1.54, 1.807) is 7.11 Å². The quantitative estimate of drug-likeness (QED) is 0.798. The summed E-state index contributed by atoms with van der Waals surface area (Å²) < 4.78 is 9.90. The molecule has 0 aromatic heterocycles. The van der Waals surface area contributed by atoms with Gasteiger partial charge in [-0.25, -0.2) is 0 Å². The maximum Gasteiger partial charge on any atom is 0.307 e. The van der Waals surface area contributed by atoms with Crippen LogP contribution in [0.3, 0.4) is 0 Å². The first-order chi connectivity index (χ1) is 8.08. The first-order valence-corrected chi connectivity index (χ1v) is 5.54. The van der Waals surface area contributed by atoms with E-state index in [9.17, 15) is 4.79 Å². The minimum Gasteiger partial charge on any atom is -0.495 e. The van der Waals surface area contributed by atoms with Gasteiger partial charge in [0, 0.05) is 6.54 Å². The van der Waals surface area contributed by atoms with E-state index in [0.29, 0.717) is 13.0 Å². The number of carbonyl (C=O) groups excluding carboxylic acids is 1. The number of nitrogens with one attached hydrogen (secondary N) is 1. The number of esters is 1. The van der Waals surface area contributed by atoms with E-state index in [-0.39, 0.29) is 5.97 Å². The zero-order valence-electron chi connectivity index (χ0n) is 10.8. The Morgan fingerprint density at radius 2 is 2.00 bits per heavy atom. The van der Waals surface area contributed by atoms with Crippen LogP contribution in [0.2, 0.25) is 0 Å². The highest BCUT2D eigenvalue weighted by Gasteiger charge is 2.08. The van der Waals surface area contributed by atoms with E-state index in [1.807, 2.05) is 19.9 Å². The molecule has 17 heavy (non-hydrogen) atoms. The second-order valence-electron chi connectivity index (χ2n) is 3.91. The zero-order valence-corrected chi connectivity index (χ0v) is 10.8. The van der Waals surface area contributed by atoms with Crippen LogP contribution < -0.4 is 10.1 Å². The van der Waals surface area contributed by atoms with Crippen LogP contribution in [0.5, 0.6) is 5.75 Å². The average Bonchev–Trinajstić information content (AvgIpc) is 2.30. The van der Waals surface area contributed by atoms with Gasteiger partial charge in [-0.3, -0.25) is 4.79 Å². The Balaban J connectivity index is 2.73. The molecule has 1 aromatic carbocycles. The molecule has 4 heteroatoms. The Hall–Kier alpha value is -1.71. The lowest BCUT2D eigenvalue weighted by molar-refractivity contribution is -0.140. The third kappa shape index (κ3) is 3.66. The Labute approximate surface area is 102 Å². The fraction of sp³-hybridized carbons (Fsp3) is 0.462. The number of carbonyl (C=O) groups is 1. The van der Waals surface area contributed by atoms with Crippen molar-refractivity contribution in [3.8, 4) is 5.75 Å². The van der Waals surface area contributed by atoms with Crippen molar-refractivity contribution in [3.05, 3.63) is 23.3 Å². The topological polar surface area (TPSA) is 47.6 Å². The monoisotopic (exact) mass is 237 g/mol. The fourth-order valence-electron chi connectivity index (χ4n) is 1.71. The van der Waals surface area contributed by atoms with Crippen LogP contribution in [-0.2, 0) is 9.53 Å². The number of benzene rings is 1. The SMILES string of the molecule is COC(=O)CCNc1c(C)cc(C)cc1OC. The molecule has 0 heterocycles. The number of anilines is 1. The molecule has 0 amide bonds. The van der Waals surface area contributed by atoms with Crippen molar-refractivity contribution >= 4 is 11.7 Å². The molecule has 0 radical (unpaired) electrons. The molecule has 4 nitrogen and oxygen atoms in total. The normalized spacial score (nSPS) is 9.88. The average molecular weight is 237 g/mol. The van der Waals surface area contributed by atoms with Gasteiger partial charge in [0.15, 0.2) is 0 Å². The molecule has 0 bridgehead atoms. The van der Waals surface area contributed by atoms with E-state index in [1.165, 1.54) is 7.11 Å². The highest BCUT2D eigenvalue weighted by Crippen LogP contribution is 2.29. The number of rotatable bonds is 5. The number of methoxy groups -OCH3 is 2. The van der Waals surface area contributed by atoms with E-state index in [4.69, 9.17) is 4.74 Å². The summed E-state index contributed by atoms with van der Waals surface area (Å²) in [5, 5.41) is 3.20. The molecule has 0 saturated heterocycles. The lowest BCUT2D eigenvalue weighted by Gasteiger charge is -2.14. The second-order valence-corrected chi connectivity index (χ2v) is 3.91. The van der Waals surface area contributed by atoms with Crippen LogP contribution in [0.25, 0.3) is 0 Å². The fourth-order valence-corrected chi connectivity index (χ4v) is 1.71. The van der Waals surface area contributed by atoms with Gasteiger partial charge in [0.25, 0.3) is 0 Å². The summed E-state index contributed by atoms with van der Waals surface area (Å²) in [4.78, 5) is 11.0. The van der Waals surface area contributed by atoms with E-state index in [0.717, 1.165) is 22.6 Å². The Bertz CT molecular complexity index is 402. The summed E-state index contributed by atoms with van der Waals surface area (Å²) >= 11 is 0. The van der Waals surface area contributed by atoms with Crippen LogP contribution in [-0.4, -0.2) is 26.7 Å². The summed E-state index contributed by atoms with van der Waals surface area (Å²) in [5.74, 6) is 0.577. The molecular weight excluding hydrogens is 218 g/mol. The first-order valence-electron chi connectivity index (χ1n) is 5.54. The standard InChI is InChI=1S/C13H19NO3/c1-9-7-10(2)13(11(8-9)16-3)14-6-5-12(15)17-4/h7-8,14H,5-6H2,1-4H3. The minimum absolute atomic E-state index is 0.221. The molecule has 1 rings (SSSR count). The molecule has 0 aliphatic carbocycles. The molecule has 1 N–H and O–H groups in total. The van der Waals surface area contributed by atoms with Gasteiger partial charge < -0.3 is 14.8 Å². The number of hydrogen-bond donors (Lipinski definition) is 1. The van der Waals surface area contributed by atoms with Gasteiger partial charge in [0.1, 0.15) is 5.75 Å². The van der Waals surface area contributed by atoms with Crippen molar-refractivity contribution in [2.75, 3.05) is 26.1 Å². The summed E-state index contributed by atoms with van der Waals surface area (Å²) in [6.45, 7) is 4.57. The number of ether oxygens (including phenoxy) is 2. The molecule has 94 valence electrons. The van der Waals surface area contributed by atoms with Gasteiger partial charge in [-0.05, 0) is 31.0 Å². The highest BCUT2D eigenvalue weighted by atomic mass is 16.5. The van der Waals surface area contributed by atoms with Crippen molar-refractivity contribution in [2.24, 2.45) is 0 Å². The molecule has 0 fully saturated rings. The van der Waals surface area contributed by atoms with Crippen LogP contribution in [0.1, 0.15) is 17.5 Å². The Morgan fingerprint density at radius 1 is 1.29 bits per heavy atom. The third-order valence-corrected chi connectivity index (χ3v) is 2.52. The molecule has 0 aliphatic heterocycles. The summed E-state index contributed by atoms with van der Waals surface area (Å²) in [6.07, 6.45) is 0.340. The lowest BCUT2D eigenvalue weighted by atomic mass is 10.1. The Kier molecular flexibility index (Phi) is 4.82. The van der Waals surface area contributed by atoms with Gasteiger partial charge in [-0.1, -0.05) is 6.07 Å². The van der Waals surface area contributed by atoms with Gasteiger partial charge in [0.2, 0.25) is 0 Å². The third-order valence-electron chi connectivity index (χ3n) is 2.52. The van der Waals surface area contributed by atoms with Crippen molar-refractivity contribution in [3.63, 3.8) is 0 Å². The van der Waals surface area contributed by atoms with Gasteiger partial charge in [0.05, 0.1) is 26.3 Å². The number of aryl methyl sites for hydroxylation is 2. The van der Waals surface area contributed by atoms with Gasteiger partial charge in [-0.2, -0.15) is 0 Å². The van der Waals surface area contributed by atoms with E-state index < -0.39 is 0 Å². The molecule has 0 unspecified atom stereocenters. The molecule has 0 spiro atoms. The van der Waals surface area contributed by atoms with Gasteiger partial charge >= 0.3 is 5.97 Å². The predicted molar refractivity (Wildman–Crippen MR) is 67.6 cm³/mol. The maximum atomic E-state index is 11.0. The zero-order chi connectivity index (χ0) is 12.8. The predicted octanol–water partition coefficient (Wildman–Crippen LogP) is 2.29. The second kappa shape index (κ2) is 6.13. The van der Waals surface area contributed by atoms with Crippen LogP contribution >= 0.6 is 0 Å². The van der Waals surface area contributed by atoms with Crippen molar-refractivity contribution in [2.45, 2.75) is 20.3 Å². The molecule has 0 saturated carbocycles. The molecule has 0 atom stereocenters. The van der Waals surface area contributed by atoms with Crippen molar-refractivity contribution < 1.29 is 14.3 Å². The Morgan fingerprint density at radius 3 is 2.59 bits per heavy atom. The first kappa shape index (κ1) is 13.4. The van der Waals surface area contributed by atoms with Gasteiger partial charge in [-0.15, -0.1) is 0 Å². The van der Waals surface area contributed by atoms with Crippen LogP contribution in [0.4, 0.5) is 5.69 Å². The summed E-state index contributed by atoms with van der Waals surface area (Å²) in [7, 11) is 3.03. The van der Waals surface area contributed by atoms with Crippen LogP contribution in [0.15, 0.2) is 12.1 Å². The smallest absolute Gasteiger partial charge is 0.307 e. The van der Waals surface area contributed by atoms with Crippen molar-refractivity contribution in [1.29, 1.82) is 0 Å². The minimum atomic E-state index is -0.221. The number of hydrogen-bond acceptors (Lipinski definition) is 4. The largest absolute Gasteiger partial charge is 0.495 e. The van der Waals surface area contributed by atoms with Crippen molar-refractivity contribution in [1.82, 2.24) is 0 Å². The molecule has 0 aliphatic rings. The van der Waals surface area contributed by atoms with E-state index in [2.05, 4.69) is 16.1 Å².